The van der Waals surface area contributed by atoms with Gasteiger partial charge in [0.05, 0.1) is 6.04 Å². The molecule has 4 nitrogen and oxygen atoms in total. The molecule has 0 aliphatic carbocycles. The van der Waals surface area contributed by atoms with E-state index in [1.54, 1.807) is 18.5 Å². The Morgan fingerprint density at radius 2 is 1.95 bits per heavy atom. The van der Waals surface area contributed by atoms with Crippen LogP contribution < -0.4 is 15.2 Å². The lowest BCUT2D eigenvalue weighted by Gasteiger charge is -2.21. The van der Waals surface area contributed by atoms with Gasteiger partial charge in [0.2, 0.25) is 0 Å². The third-order valence-corrected chi connectivity index (χ3v) is 3.37. The van der Waals surface area contributed by atoms with Crippen molar-refractivity contribution in [1.29, 1.82) is 0 Å². The lowest BCUT2D eigenvalue weighted by atomic mass is 10.0. The predicted molar refractivity (Wildman–Crippen MR) is 72.7 cm³/mol. The number of benzene rings is 1. The number of ether oxygens (including phenoxy) is 2. The number of hydrogen-bond acceptors (Lipinski definition) is 4. The molecule has 0 saturated heterocycles. The van der Waals surface area contributed by atoms with E-state index in [0.717, 1.165) is 11.1 Å². The fourth-order valence-electron chi connectivity index (χ4n) is 2.06. The lowest BCUT2D eigenvalue weighted by Crippen LogP contribution is -2.17. The van der Waals surface area contributed by atoms with Crippen molar-refractivity contribution in [2.24, 2.45) is 5.73 Å². The van der Waals surface area contributed by atoms with Crippen LogP contribution in [0.25, 0.3) is 0 Å². The number of nitrogens with two attached hydrogens (primary N) is 1. The molecule has 5 heteroatoms. The highest BCUT2D eigenvalue weighted by atomic mass is 35.5. The maximum atomic E-state index is 6.27. The van der Waals surface area contributed by atoms with E-state index in [0.29, 0.717) is 29.7 Å². The monoisotopic (exact) mass is 276 g/mol. The SMILES string of the molecule is NC(c1cccnc1)c1cc2c(cc1Cl)OCCO2. The lowest BCUT2D eigenvalue weighted by molar-refractivity contribution is 0.171. The minimum atomic E-state index is -0.336. The van der Waals surface area contributed by atoms with Crippen molar-refractivity contribution >= 4 is 11.6 Å². The van der Waals surface area contributed by atoms with Gasteiger partial charge in [-0.25, -0.2) is 0 Å². The fourth-order valence-corrected chi connectivity index (χ4v) is 2.33. The summed E-state index contributed by atoms with van der Waals surface area (Å²) in [4.78, 5) is 4.07. The Morgan fingerprint density at radius 1 is 1.21 bits per heavy atom. The zero-order chi connectivity index (χ0) is 13.2. The van der Waals surface area contributed by atoms with Gasteiger partial charge in [-0.2, -0.15) is 0 Å². The summed E-state index contributed by atoms with van der Waals surface area (Å²) in [6.45, 7) is 1.08. The van der Waals surface area contributed by atoms with Crippen LogP contribution in [0.15, 0.2) is 36.7 Å². The standard InChI is InChI=1S/C14H13ClN2O2/c15-11-7-13-12(18-4-5-19-13)6-10(11)14(16)9-2-1-3-17-8-9/h1-3,6-8,14H,4-5,16H2. The van der Waals surface area contributed by atoms with Crippen molar-refractivity contribution in [1.82, 2.24) is 4.98 Å². The van der Waals surface area contributed by atoms with Crippen molar-refractivity contribution < 1.29 is 9.47 Å². The number of fused-ring (bicyclic) bond motifs is 1. The summed E-state index contributed by atoms with van der Waals surface area (Å²) in [5.74, 6) is 1.35. The molecule has 3 rings (SSSR count). The zero-order valence-electron chi connectivity index (χ0n) is 10.2. The minimum absolute atomic E-state index is 0.336. The van der Waals surface area contributed by atoms with Crippen molar-refractivity contribution in [3.63, 3.8) is 0 Å². The molecule has 2 heterocycles. The fraction of sp³-hybridized carbons (Fsp3) is 0.214. The van der Waals surface area contributed by atoms with E-state index < -0.39 is 0 Å². The molecule has 0 bridgehead atoms. The van der Waals surface area contributed by atoms with Crippen LogP contribution in [0.1, 0.15) is 17.2 Å². The highest BCUT2D eigenvalue weighted by molar-refractivity contribution is 6.31. The normalized spacial score (nSPS) is 15.1. The molecule has 2 N–H and O–H groups in total. The Balaban J connectivity index is 2.01. The van der Waals surface area contributed by atoms with Crippen LogP contribution in [0, 0.1) is 0 Å². The Hall–Kier alpha value is -1.78. The number of halogens is 1. The van der Waals surface area contributed by atoms with Gasteiger partial charge in [-0.3, -0.25) is 4.98 Å². The summed E-state index contributed by atoms with van der Waals surface area (Å²) in [5, 5.41) is 0.570. The first-order chi connectivity index (χ1) is 9.25. The van der Waals surface area contributed by atoms with Gasteiger partial charge >= 0.3 is 0 Å². The van der Waals surface area contributed by atoms with E-state index in [1.807, 2.05) is 18.2 Å². The Bertz CT molecular complexity index is 589. The second kappa shape index (κ2) is 5.07. The first-order valence-corrected chi connectivity index (χ1v) is 6.38. The van der Waals surface area contributed by atoms with Crippen LogP contribution in [0.2, 0.25) is 5.02 Å². The van der Waals surface area contributed by atoms with Crippen LogP contribution in [-0.2, 0) is 0 Å². The Kier molecular flexibility index (Phi) is 3.27. The number of aromatic nitrogens is 1. The largest absolute Gasteiger partial charge is 0.486 e. The Labute approximate surface area is 116 Å². The van der Waals surface area contributed by atoms with E-state index in [2.05, 4.69) is 4.98 Å². The molecule has 0 fully saturated rings. The summed E-state index contributed by atoms with van der Waals surface area (Å²) < 4.78 is 11.0. The molecule has 2 aromatic rings. The molecule has 1 aliphatic rings. The van der Waals surface area contributed by atoms with E-state index in [9.17, 15) is 0 Å². The third-order valence-electron chi connectivity index (χ3n) is 3.04. The van der Waals surface area contributed by atoms with Crippen LogP contribution in [-0.4, -0.2) is 18.2 Å². The van der Waals surface area contributed by atoms with Gasteiger partial charge in [0.15, 0.2) is 11.5 Å². The quantitative estimate of drug-likeness (QED) is 0.916. The molecule has 1 aliphatic heterocycles. The molecule has 0 radical (unpaired) electrons. The van der Waals surface area contributed by atoms with E-state index >= 15 is 0 Å². The van der Waals surface area contributed by atoms with Crippen molar-refractivity contribution in [3.8, 4) is 11.5 Å². The summed E-state index contributed by atoms with van der Waals surface area (Å²) >= 11 is 6.27. The summed E-state index contributed by atoms with van der Waals surface area (Å²) in [7, 11) is 0. The van der Waals surface area contributed by atoms with Crippen molar-refractivity contribution in [2.75, 3.05) is 13.2 Å². The highest BCUT2D eigenvalue weighted by Crippen LogP contribution is 2.38. The molecule has 0 amide bonds. The predicted octanol–water partition coefficient (Wildman–Crippen LogP) is 2.55. The van der Waals surface area contributed by atoms with Gasteiger partial charge in [-0.1, -0.05) is 17.7 Å². The number of pyridine rings is 1. The molecule has 98 valence electrons. The Morgan fingerprint density at radius 3 is 2.63 bits per heavy atom. The van der Waals surface area contributed by atoms with Gasteiger partial charge < -0.3 is 15.2 Å². The molecule has 1 unspecified atom stereocenters. The second-order valence-corrected chi connectivity index (χ2v) is 4.69. The summed E-state index contributed by atoms with van der Waals surface area (Å²) in [6, 6.07) is 7.03. The first-order valence-electron chi connectivity index (χ1n) is 6.00. The third kappa shape index (κ3) is 2.37. The minimum Gasteiger partial charge on any atom is -0.486 e. The van der Waals surface area contributed by atoms with Crippen LogP contribution in [0.4, 0.5) is 0 Å². The van der Waals surface area contributed by atoms with Gasteiger partial charge in [-0.15, -0.1) is 0 Å². The van der Waals surface area contributed by atoms with Crippen LogP contribution in [0.3, 0.4) is 0 Å². The molecular formula is C14H13ClN2O2. The summed E-state index contributed by atoms with van der Waals surface area (Å²) in [5.41, 5.74) is 7.94. The average molecular weight is 277 g/mol. The molecular weight excluding hydrogens is 264 g/mol. The molecule has 1 aromatic heterocycles. The number of rotatable bonds is 2. The maximum Gasteiger partial charge on any atom is 0.162 e. The van der Waals surface area contributed by atoms with Crippen LogP contribution in [0.5, 0.6) is 11.5 Å². The number of nitrogens with zero attached hydrogens (tertiary/aromatic N) is 1. The molecule has 1 atom stereocenters. The van der Waals surface area contributed by atoms with Gasteiger partial charge in [-0.05, 0) is 23.3 Å². The van der Waals surface area contributed by atoms with Gasteiger partial charge in [0.1, 0.15) is 13.2 Å². The molecule has 1 aromatic carbocycles. The number of hydrogen-bond donors (Lipinski definition) is 1. The second-order valence-electron chi connectivity index (χ2n) is 4.28. The van der Waals surface area contributed by atoms with E-state index in [-0.39, 0.29) is 6.04 Å². The zero-order valence-corrected chi connectivity index (χ0v) is 10.9. The van der Waals surface area contributed by atoms with Crippen LogP contribution >= 0.6 is 11.6 Å². The van der Waals surface area contributed by atoms with Crippen molar-refractivity contribution in [3.05, 3.63) is 52.8 Å². The van der Waals surface area contributed by atoms with E-state index in [1.165, 1.54) is 0 Å². The van der Waals surface area contributed by atoms with Crippen molar-refractivity contribution in [2.45, 2.75) is 6.04 Å². The molecule has 0 spiro atoms. The topological polar surface area (TPSA) is 57.4 Å². The average Bonchev–Trinajstić information content (AvgIpc) is 2.47. The van der Waals surface area contributed by atoms with Gasteiger partial charge in [0, 0.05) is 23.5 Å². The smallest absolute Gasteiger partial charge is 0.162 e. The highest BCUT2D eigenvalue weighted by Gasteiger charge is 2.19. The maximum absolute atomic E-state index is 6.27. The summed E-state index contributed by atoms with van der Waals surface area (Å²) in [6.07, 6.45) is 3.44. The first kappa shape index (κ1) is 12.3. The molecule has 19 heavy (non-hydrogen) atoms. The van der Waals surface area contributed by atoms with Gasteiger partial charge in [0.25, 0.3) is 0 Å². The molecule has 0 saturated carbocycles. The van der Waals surface area contributed by atoms with E-state index in [4.69, 9.17) is 26.8 Å².